The van der Waals surface area contributed by atoms with Gasteiger partial charge in [-0.1, -0.05) is 30.3 Å². The third-order valence-corrected chi connectivity index (χ3v) is 3.10. The summed E-state index contributed by atoms with van der Waals surface area (Å²) in [5, 5.41) is 3.50. The fraction of sp³-hybridized carbons (Fsp3) is 0.462. The monoisotopic (exact) mass is 268 g/mol. The number of nitrogens with one attached hydrogen (secondary N) is 1. The predicted octanol–water partition coefficient (Wildman–Crippen LogP) is 2.53. The maximum atomic E-state index is 4.65. The second kappa shape index (κ2) is 8.75. The average Bonchev–Trinajstić information content (AvgIpc) is 2.38. The molecule has 0 fully saturated rings. The Hall–Kier alpha value is -0.290. The maximum Gasteiger partial charge on any atom is 0.0895 e. The van der Waals surface area contributed by atoms with Crippen molar-refractivity contribution >= 4 is 24.7 Å². The first kappa shape index (κ1) is 14.8. The average molecular weight is 268 g/mol. The number of nitrogens with zero attached hydrogens (tertiary/aromatic N) is 1. The van der Waals surface area contributed by atoms with Crippen LogP contribution in [0.15, 0.2) is 35.3 Å². The SMILES string of the molecule is C[C@H](NCCP)[C@@H](/N=C/CP)c1ccccc1. The van der Waals surface area contributed by atoms with E-state index in [0.29, 0.717) is 6.04 Å². The maximum absolute atomic E-state index is 4.65. The summed E-state index contributed by atoms with van der Waals surface area (Å²) in [4.78, 5) is 4.65. The minimum absolute atomic E-state index is 0.202. The summed E-state index contributed by atoms with van der Waals surface area (Å²) >= 11 is 0. The Balaban J connectivity index is 2.76. The van der Waals surface area contributed by atoms with Gasteiger partial charge in [0, 0.05) is 12.3 Å². The lowest BCUT2D eigenvalue weighted by molar-refractivity contribution is 0.485. The van der Waals surface area contributed by atoms with Crippen LogP contribution in [0.2, 0.25) is 0 Å². The topological polar surface area (TPSA) is 24.4 Å². The number of hydrogen-bond acceptors (Lipinski definition) is 2. The van der Waals surface area contributed by atoms with Crippen molar-refractivity contribution in [1.82, 2.24) is 5.32 Å². The zero-order valence-electron chi connectivity index (χ0n) is 10.3. The van der Waals surface area contributed by atoms with Crippen molar-refractivity contribution in [2.45, 2.75) is 19.0 Å². The zero-order chi connectivity index (χ0) is 12.5. The molecule has 1 N–H and O–H groups in total. The standard InChI is InChI=1S/C13H22N2P2/c1-11(14-7-9-16)13(15-8-10-17)12-5-3-2-4-6-12/h2-6,8,11,13-14H,7,9-10,16-17H2,1H3/b15-8+/t11-,13+/m0/s1. The molecule has 1 aromatic carbocycles. The first-order valence-corrected chi connectivity index (χ1v) is 7.63. The highest BCUT2D eigenvalue weighted by Gasteiger charge is 2.16. The molecule has 0 bridgehead atoms. The van der Waals surface area contributed by atoms with Crippen molar-refractivity contribution in [2.24, 2.45) is 4.99 Å². The van der Waals surface area contributed by atoms with Crippen LogP contribution in [0.4, 0.5) is 0 Å². The highest BCUT2D eigenvalue weighted by atomic mass is 31.0. The van der Waals surface area contributed by atoms with Gasteiger partial charge in [-0.25, -0.2) is 0 Å². The molecule has 1 aromatic rings. The second-order valence-corrected chi connectivity index (χ2v) is 5.00. The Bertz CT molecular complexity index is 327. The third kappa shape index (κ3) is 5.25. The van der Waals surface area contributed by atoms with E-state index in [9.17, 15) is 0 Å². The fourth-order valence-corrected chi connectivity index (χ4v) is 2.04. The van der Waals surface area contributed by atoms with Crippen LogP contribution in [0, 0.1) is 0 Å². The first-order chi connectivity index (χ1) is 8.29. The van der Waals surface area contributed by atoms with Gasteiger partial charge in [-0.05, 0) is 31.4 Å². The van der Waals surface area contributed by atoms with E-state index < -0.39 is 0 Å². The molecule has 94 valence electrons. The highest BCUT2D eigenvalue weighted by Crippen LogP contribution is 2.20. The molecular weight excluding hydrogens is 246 g/mol. The summed E-state index contributed by atoms with van der Waals surface area (Å²) in [5.41, 5.74) is 1.27. The number of rotatable bonds is 7. The van der Waals surface area contributed by atoms with E-state index in [-0.39, 0.29) is 6.04 Å². The van der Waals surface area contributed by atoms with Gasteiger partial charge in [0.25, 0.3) is 0 Å². The Morgan fingerprint density at radius 1 is 1.29 bits per heavy atom. The van der Waals surface area contributed by atoms with Crippen molar-refractivity contribution in [3.05, 3.63) is 35.9 Å². The molecule has 0 saturated heterocycles. The van der Waals surface area contributed by atoms with Crippen molar-refractivity contribution in [1.29, 1.82) is 0 Å². The van der Waals surface area contributed by atoms with E-state index in [0.717, 1.165) is 18.9 Å². The molecule has 0 saturated carbocycles. The number of aliphatic imine (C=N–C) groups is 1. The highest BCUT2D eigenvalue weighted by molar-refractivity contribution is 7.17. The molecule has 4 heteroatoms. The van der Waals surface area contributed by atoms with E-state index in [1.165, 1.54) is 5.56 Å². The van der Waals surface area contributed by atoms with Gasteiger partial charge in [0.15, 0.2) is 0 Å². The van der Waals surface area contributed by atoms with E-state index in [2.05, 4.69) is 60.0 Å². The minimum atomic E-state index is 0.202. The van der Waals surface area contributed by atoms with E-state index in [1.54, 1.807) is 0 Å². The first-order valence-electron chi connectivity index (χ1n) is 5.99. The molecule has 17 heavy (non-hydrogen) atoms. The molecule has 4 atom stereocenters. The van der Waals surface area contributed by atoms with Crippen LogP contribution in [-0.2, 0) is 0 Å². The summed E-state index contributed by atoms with van der Waals surface area (Å²) in [6.45, 7) is 3.20. The minimum Gasteiger partial charge on any atom is -0.311 e. The van der Waals surface area contributed by atoms with Crippen LogP contribution in [0.3, 0.4) is 0 Å². The van der Waals surface area contributed by atoms with Crippen LogP contribution in [-0.4, -0.2) is 31.1 Å². The molecular formula is C13H22N2P2. The lowest BCUT2D eigenvalue weighted by Crippen LogP contribution is -2.32. The Labute approximate surface area is 109 Å². The van der Waals surface area contributed by atoms with Crippen molar-refractivity contribution in [3.8, 4) is 0 Å². The molecule has 2 nitrogen and oxygen atoms in total. The summed E-state index contributed by atoms with van der Waals surface area (Å²) in [5.74, 6) is 0. The van der Waals surface area contributed by atoms with Crippen LogP contribution in [0.1, 0.15) is 18.5 Å². The fourth-order valence-electron chi connectivity index (χ4n) is 1.75. The second-order valence-electron chi connectivity index (χ2n) is 3.95. The van der Waals surface area contributed by atoms with Crippen molar-refractivity contribution in [2.75, 3.05) is 18.9 Å². The molecule has 0 heterocycles. The van der Waals surface area contributed by atoms with Gasteiger partial charge in [-0.15, -0.1) is 18.5 Å². The van der Waals surface area contributed by atoms with E-state index in [4.69, 9.17) is 0 Å². The molecule has 0 aliphatic carbocycles. The summed E-state index contributed by atoms with van der Waals surface area (Å²) in [7, 11) is 5.42. The molecule has 0 aromatic heterocycles. The van der Waals surface area contributed by atoms with Gasteiger partial charge in [-0.2, -0.15) is 0 Å². The van der Waals surface area contributed by atoms with Gasteiger partial charge >= 0.3 is 0 Å². The quantitative estimate of drug-likeness (QED) is 0.596. The molecule has 0 spiro atoms. The van der Waals surface area contributed by atoms with Gasteiger partial charge in [-0.3, -0.25) is 4.99 Å². The third-order valence-electron chi connectivity index (χ3n) is 2.60. The van der Waals surface area contributed by atoms with Crippen LogP contribution < -0.4 is 5.32 Å². The summed E-state index contributed by atoms with van der Waals surface area (Å²) in [6.07, 6.45) is 3.94. The molecule has 0 amide bonds. The molecule has 0 aliphatic rings. The lowest BCUT2D eigenvalue weighted by atomic mass is 10.0. The lowest BCUT2D eigenvalue weighted by Gasteiger charge is -2.22. The normalized spacial score (nSPS) is 15.0. The van der Waals surface area contributed by atoms with Crippen molar-refractivity contribution in [3.63, 3.8) is 0 Å². The van der Waals surface area contributed by atoms with Crippen LogP contribution in [0.25, 0.3) is 0 Å². The van der Waals surface area contributed by atoms with Gasteiger partial charge in [0.05, 0.1) is 6.04 Å². The largest absolute Gasteiger partial charge is 0.311 e. The molecule has 0 aliphatic heterocycles. The van der Waals surface area contributed by atoms with Gasteiger partial charge in [0.1, 0.15) is 0 Å². The van der Waals surface area contributed by atoms with Gasteiger partial charge in [0.2, 0.25) is 0 Å². The zero-order valence-corrected chi connectivity index (χ0v) is 12.7. The smallest absolute Gasteiger partial charge is 0.0895 e. The van der Waals surface area contributed by atoms with Crippen LogP contribution >= 0.6 is 18.5 Å². The van der Waals surface area contributed by atoms with Gasteiger partial charge < -0.3 is 5.32 Å². The Morgan fingerprint density at radius 3 is 2.59 bits per heavy atom. The molecule has 2 unspecified atom stereocenters. The number of hydrogen-bond donors (Lipinski definition) is 1. The number of benzene rings is 1. The van der Waals surface area contributed by atoms with E-state index >= 15 is 0 Å². The van der Waals surface area contributed by atoms with E-state index in [1.807, 2.05) is 12.3 Å². The van der Waals surface area contributed by atoms with Crippen LogP contribution in [0.5, 0.6) is 0 Å². The van der Waals surface area contributed by atoms with Crippen molar-refractivity contribution < 1.29 is 0 Å². The molecule has 0 radical (unpaired) electrons. The Morgan fingerprint density at radius 2 is 2.00 bits per heavy atom. The summed E-state index contributed by atoms with van der Waals surface area (Å²) < 4.78 is 0. The molecule has 1 rings (SSSR count). The summed E-state index contributed by atoms with van der Waals surface area (Å²) in [6, 6.07) is 11.0. The predicted molar refractivity (Wildman–Crippen MR) is 84.3 cm³/mol. The Kier molecular flexibility index (Phi) is 7.60.